The highest BCUT2D eigenvalue weighted by Crippen LogP contribution is 2.42. The summed E-state index contributed by atoms with van der Waals surface area (Å²) in [6, 6.07) is 7.03. The number of pyridine rings is 1. The third-order valence-corrected chi connectivity index (χ3v) is 7.01. The minimum atomic E-state index is -1.35. The van der Waals surface area contributed by atoms with Gasteiger partial charge in [-0.1, -0.05) is 23.9 Å². The first-order valence-corrected chi connectivity index (χ1v) is 10.8. The highest BCUT2D eigenvalue weighted by Gasteiger charge is 2.32. The number of rotatable bonds is 3. The van der Waals surface area contributed by atoms with Crippen LogP contribution in [0.1, 0.15) is 10.4 Å². The van der Waals surface area contributed by atoms with Crippen molar-refractivity contribution in [2.75, 3.05) is 38.1 Å². The topological polar surface area (TPSA) is 65.8 Å². The number of piperazine rings is 1. The van der Waals surface area contributed by atoms with Gasteiger partial charge in [0.05, 0.1) is 27.5 Å². The van der Waals surface area contributed by atoms with E-state index in [0.717, 1.165) is 13.1 Å². The number of anilines is 1. The van der Waals surface area contributed by atoms with Gasteiger partial charge in [-0.3, -0.25) is 4.79 Å². The Morgan fingerprint density at radius 2 is 1.87 bits per heavy atom. The molecule has 2 aliphatic heterocycles. The standard InChI is InChI=1S/C22H19F2N3O3S/c1-25-5-7-26(8-6-25)15-10-14-17(16(19(15)24)12-3-2-4-13(23)9-12)20(28)18(22(29)30)21-27(14)11-31-21/h2-4,9-10H,5-8,11H2,1H3,(H,29,30). The van der Waals surface area contributed by atoms with Gasteiger partial charge in [0.1, 0.15) is 11.4 Å². The molecule has 3 aromatic rings. The Balaban J connectivity index is 1.88. The summed E-state index contributed by atoms with van der Waals surface area (Å²) in [6.45, 7) is 2.75. The molecule has 1 fully saturated rings. The molecule has 9 heteroatoms. The predicted molar refractivity (Wildman–Crippen MR) is 116 cm³/mol. The van der Waals surface area contributed by atoms with Crippen LogP contribution in [0.2, 0.25) is 0 Å². The number of carboxylic acid groups (broad SMARTS) is 1. The summed E-state index contributed by atoms with van der Waals surface area (Å²) in [6.07, 6.45) is 0. The summed E-state index contributed by atoms with van der Waals surface area (Å²) >= 11 is 1.27. The molecule has 0 radical (unpaired) electrons. The Bertz CT molecular complexity index is 1300. The molecular formula is C22H19F2N3O3S. The van der Waals surface area contributed by atoms with E-state index in [1.54, 1.807) is 10.6 Å². The normalized spacial score (nSPS) is 16.3. The second-order valence-corrected chi connectivity index (χ2v) is 8.73. The van der Waals surface area contributed by atoms with Gasteiger partial charge in [0.2, 0.25) is 5.43 Å². The maximum absolute atomic E-state index is 16.0. The summed E-state index contributed by atoms with van der Waals surface area (Å²) in [4.78, 5) is 29.1. The van der Waals surface area contributed by atoms with Crippen LogP contribution in [-0.2, 0) is 5.88 Å². The zero-order chi connectivity index (χ0) is 21.9. The number of hydrogen-bond donors (Lipinski definition) is 1. The molecule has 0 unspecified atom stereocenters. The van der Waals surface area contributed by atoms with Crippen molar-refractivity contribution in [2.24, 2.45) is 0 Å². The number of likely N-dealkylation sites (N-methyl/N-ethyl adjacent to an activating group) is 1. The largest absolute Gasteiger partial charge is 0.477 e. The molecule has 2 aliphatic rings. The third kappa shape index (κ3) is 3.11. The van der Waals surface area contributed by atoms with Gasteiger partial charge in [-0.05, 0) is 30.8 Å². The molecular weight excluding hydrogens is 424 g/mol. The minimum Gasteiger partial charge on any atom is -0.477 e. The highest BCUT2D eigenvalue weighted by molar-refractivity contribution is 7.99. The van der Waals surface area contributed by atoms with E-state index in [-0.39, 0.29) is 22.1 Å². The smallest absolute Gasteiger partial charge is 0.342 e. The fourth-order valence-electron chi connectivity index (χ4n) is 4.26. The van der Waals surface area contributed by atoms with Gasteiger partial charge < -0.3 is 19.5 Å². The second kappa shape index (κ2) is 7.35. The van der Waals surface area contributed by atoms with Crippen LogP contribution in [0.5, 0.6) is 0 Å². The summed E-state index contributed by atoms with van der Waals surface area (Å²) < 4.78 is 31.7. The molecule has 5 rings (SSSR count). The summed E-state index contributed by atoms with van der Waals surface area (Å²) in [5.74, 6) is -2.09. The summed E-state index contributed by atoms with van der Waals surface area (Å²) in [5.41, 5.74) is -0.144. The molecule has 0 spiro atoms. The quantitative estimate of drug-likeness (QED) is 0.669. The molecule has 0 saturated carbocycles. The fourth-order valence-corrected chi connectivity index (χ4v) is 5.21. The highest BCUT2D eigenvalue weighted by atomic mass is 32.2. The van der Waals surface area contributed by atoms with E-state index < -0.39 is 23.0 Å². The van der Waals surface area contributed by atoms with Crippen molar-refractivity contribution in [3.05, 3.63) is 57.8 Å². The second-order valence-electron chi connectivity index (χ2n) is 7.80. The molecule has 1 aromatic heterocycles. The number of carbonyl (C=O) groups is 1. The van der Waals surface area contributed by atoms with Crippen molar-refractivity contribution in [3.63, 3.8) is 0 Å². The van der Waals surface area contributed by atoms with Crippen LogP contribution in [0, 0.1) is 11.6 Å². The number of aromatic carboxylic acids is 1. The Labute approximate surface area is 180 Å². The number of thioether (sulfide) groups is 1. The lowest BCUT2D eigenvalue weighted by Crippen LogP contribution is -2.45. The van der Waals surface area contributed by atoms with Crippen molar-refractivity contribution in [2.45, 2.75) is 10.9 Å². The van der Waals surface area contributed by atoms with Gasteiger partial charge in [0.15, 0.2) is 5.82 Å². The number of aromatic nitrogens is 1. The molecule has 1 N–H and O–H groups in total. The minimum absolute atomic E-state index is 0.0255. The monoisotopic (exact) mass is 443 g/mol. The molecule has 31 heavy (non-hydrogen) atoms. The lowest BCUT2D eigenvalue weighted by molar-refractivity contribution is 0.0689. The van der Waals surface area contributed by atoms with E-state index in [2.05, 4.69) is 4.90 Å². The van der Waals surface area contributed by atoms with Crippen LogP contribution in [0.4, 0.5) is 14.5 Å². The molecule has 3 heterocycles. The fraction of sp³-hybridized carbons (Fsp3) is 0.273. The lowest BCUT2D eigenvalue weighted by Gasteiger charge is -2.35. The first-order chi connectivity index (χ1) is 14.9. The molecule has 0 bridgehead atoms. The van der Waals surface area contributed by atoms with Crippen LogP contribution in [0.15, 0.2) is 40.2 Å². The molecule has 0 atom stereocenters. The predicted octanol–water partition coefficient (Wildman–Crippen LogP) is 3.46. The lowest BCUT2D eigenvalue weighted by atomic mass is 9.96. The van der Waals surface area contributed by atoms with Gasteiger partial charge in [0.25, 0.3) is 0 Å². The van der Waals surface area contributed by atoms with Crippen molar-refractivity contribution in [1.82, 2.24) is 9.47 Å². The maximum Gasteiger partial charge on any atom is 0.342 e. The van der Waals surface area contributed by atoms with Crippen LogP contribution in [-0.4, -0.2) is 53.8 Å². The molecule has 160 valence electrons. The summed E-state index contributed by atoms with van der Waals surface area (Å²) in [7, 11) is 2.00. The van der Waals surface area contributed by atoms with Crippen molar-refractivity contribution < 1.29 is 18.7 Å². The van der Waals surface area contributed by atoms with Gasteiger partial charge in [-0.2, -0.15) is 0 Å². The number of nitrogens with zero attached hydrogens (tertiary/aromatic N) is 3. The first kappa shape index (κ1) is 20.0. The Morgan fingerprint density at radius 3 is 2.48 bits per heavy atom. The van der Waals surface area contributed by atoms with Gasteiger partial charge in [-0.25, -0.2) is 13.6 Å². The summed E-state index contributed by atoms with van der Waals surface area (Å²) in [5, 5.41) is 9.97. The van der Waals surface area contributed by atoms with Crippen LogP contribution in [0.3, 0.4) is 0 Å². The number of fused-ring (bicyclic) bond motifs is 3. The van der Waals surface area contributed by atoms with Crippen LogP contribution < -0.4 is 10.3 Å². The van der Waals surface area contributed by atoms with E-state index in [4.69, 9.17) is 0 Å². The Hall–Kier alpha value is -2.91. The van der Waals surface area contributed by atoms with E-state index in [9.17, 15) is 19.1 Å². The molecule has 1 saturated heterocycles. The average Bonchev–Trinajstić information content (AvgIpc) is 2.71. The van der Waals surface area contributed by atoms with Crippen molar-refractivity contribution in [3.8, 4) is 11.1 Å². The van der Waals surface area contributed by atoms with Crippen LogP contribution >= 0.6 is 11.8 Å². The van der Waals surface area contributed by atoms with E-state index in [1.807, 2.05) is 11.9 Å². The van der Waals surface area contributed by atoms with E-state index in [0.29, 0.717) is 35.2 Å². The van der Waals surface area contributed by atoms with Crippen molar-refractivity contribution in [1.29, 1.82) is 0 Å². The first-order valence-electron chi connectivity index (χ1n) is 9.85. The van der Waals surface area contributed by atoms with E-state index >= 15 is 4.39 Å². The SMILES string of the molecule is CN1CCN(c2cc3c(c(-c4cccc(F)c4)c2F)c(=O)c(C(=O)O)c2n3CS2)CC1. The zero-order valence-corrected chi connectivity index (χ0v) is 17.5. The molecule has 2 aromatic carbocycles. The number of carboxylic acids is 1. The van der Waals surface area contributed by atoms with Gasteiger partial charge in [0, 0.05) is 31.7 Å². The molecule has 6 nitrogen and oxygen atoms in total. The van der Waals surface area contributed by atoms with Crippen LogP contribution in [0.25, 0.3) is 22.0 Å². The average molecular weight is 443 g/mol. The van der Waals surface area contributed by atoms with Gasteiger partial charge >= 0.3 is 5.97 Å². The van der Waals surface area contributed by atoms with E-state index in [1.165, 1.54) is 36.0 Å². The van der Waals surface area contributed by atoms with Crippen molar-refractivity contribution >= 4 is 34.3 Å². The number of halogens is 2. The molecule has 0 aliphatic carbocycles. The Morgan fingerprint density at radius 1 is 1.13 bits per heavy atom. The number of hydrogen-bond acceptors (Lipinski definition) is 5. The number of benzene rings is 2. The third-order valence-electron chi connectivity index (χ3n) is 5.93. The van der Waals surface area contributed by atoms with Gasteiger partial charge in [-0.15, -0.1) is 0 Å². The maximum atomic E-state index is 16.0. The zero-order valence-electron chi connectivity index (χ0n) is 16.7. The molecule has 0 amide bonds. The Kier molecular flexibility index (Phi) is 4.75.